The summed E-state index contributed by atoms with van der Waals surface area (Å²) in [7, 11) is 0. The largest absolute Gasteiger partial charge is 0.459 e. The smallest absolute Gasteiger partial charge is 0.330 e. The molecule has 2 heteroatoms. The molecule has 0 spiro atoms. The van der Waals surface area contributed by atoms with Crippen LogP contribution in [0.1, 0.15) is 53.4 Å². The van der Waals surface area contributed by atoms with Crippen LogP contribution in [0.25, 0.3) is 0 Å². The van der Waals surface area contributed by atoms with Gasteiger partial charge in [-0.25, -0.2) is 4.79 Å². The van der Waals surface area contributed by atoms with Crippen molar-refractivity contribution in [2.75, 3.05) is 0 Å². The molecule has 0 aromatic rings. The molecule has 0 N–H and O–H groups in total. The van der Waals surface area contributed by atoms with E-state index >= 15 is 0 Å². The third-order valence-electron chi connectivity index (χ3n) is 2.12. The average molecular weight is 212 g/mol. The third kappa shape index (κ3) is 8.22. The summed E-state index contributed by atoms with van der Waals surface area (Å²) in [6.07, 6.45) is 7.58. The number of ether oxygens (including phenoxy) is 1. The van der Waals surface area contributed by atoms with Crippen LogP contribution in [-0.4, -0.2) is 12.1 Å². The summed E-state index contributed by atoms with van der Waals surface area (Å²) >= 11 is 0. The molecule has 0 aromatic carbocycles. The molecule has 0 atom stereocenters. The predicted molar refractivity (Wildman–Crippen MR) is 63.7 cm³/mol. The van der Waals surface area contributed by atoms with Crippen LogP contribution >= 0.6 is 0 Å². The van der Waals surface area contributed by atoms with Crippen LogP contribution in [0, 0.1) is 5.92 Å². The minimum absolute atomic E-state index is 0.101. The Morgan fingerprint density at radius 1 is 1.20 bits per heavy atom. The van der Waals surface area contributed by atoms with Crippen LogP contribution in [0.3, 0.4) is 0 Å². The number of hydrogen-bond donors (Lipinski definition) is 0. The molecule has 0 saturated carbocycles. The Morgan fingerprint density at radius 3 is 2.13 bits per heavy atom. The second-order valence-corrected chi connectivity index (χ2v) is 4.24. The van der Waals surface area contributed by atoms with Gasteiger partial charge in [-0.05, 0) is 18.8 Å². The van der Waals surface area contributed by atoms with Crippen molar-refractivity contribution >= 4 is 5.97 Å². The van der Waals surface area contributed by atoms with Gasteiger partial charge in [0.15, 0.2) is 0 Å². The minimum atomic E-state index is -0.199. The van der Waals surface area contributed by atoms with Crippen molar-refractivity contribution in [2.24, 2.45) is 5.92 Å². The van der Waals surface area contributed by atoms with Gasteiger partial charge >= 0.3 is 5.97 Å². The first kappa shape index (κ1) is 14.2. The first-order valence-electron chi connectivity index (χ1n) is 5.98. The molecule has 0 amide bonds. The van der Waals surface area contributed by atoms with Crippen LogP contribution in [-0.2, 0) is 9.53 Å². The van der Waals surface area contributed by atoms with E-state index in [-0.39, 0.29) is 12.1 Å². The quantitative estimate of drug-likeness (QED) is 0.475. The molecule has 88 valence electrons. The van der Waals surface area contributed by atoms with Crippen LogP contribution in [0.4, 0.5) is 0 Å². The van der Waals surface area contributed by atoms with Crippen molar-refractivity contribution in [3.63, 3.8) is 0 Å². The molecule has 0 heterocycles. The Morgan fingerprint density at radius 2 is 1.73 bits per heavy atom. The Labute approximate surface area is 93.7 Å². The van der Waals surface area contributed by atoms with Gasteiger partial charge in [-0.3, -0.25) is 0 Å². The van der Waals surface area contributed by atoms with Crippen molar-refractivity contribution in [2.45, 2.75) is 59.5 Å². The van der Waals surface area contributed by atoms with E-state index in [2.05, 4.69) is 13.8 Å². The minimum Gasteiger partial charge on any atom is -0.459 e. The fourth-order valence-corrected chi connectivity index (χ4v) is 1.38. The van der Waals surface area contributed by atoms with Crippen LogP contribution < -0.4 is 0 Å². The van der Waals surface area contributed by atoms with Gasteiger partial charge in [0, 0.05) is 6.08 Å². The summed E-state index contributed by atoms with van der Waals surface area (Å²) < 4.78 is 5.36. The lowest BCUT2D eigenvalue weighted by Gasteiger charge is -2.15. The standard InChI is InChI=1S/C13H24O2/c1-5-7-12(8-6-2)15-13(14)10-9-11(3)4/h9-12H,5-8H2,1-4H3/b10-9-. The maximum atomic E-state index is 11.4. The topological polar surface area (TPSA) is 26.3 Å². The zero-order chi connectivity index (χ0) is 11.7. The summed E-state index contributed by atoms with van der Waals surface area (Å²) in [6, 6.07) is 0. The Kier molecular flexibility index (Phi) is 8.06. The summed E-state index contributed by atoms with van der Waals surface area (Å²) in [5, 5.41) is 0. The molecule has 0 rings (SSSR count). The second-order valence-electron chi connectivity index (χ2n) is 4.24. The van der Waals surface area contributed by atoms with Gasteiger partial charge in [0.2, 0.25) is 0 Å². The van der Waals surface area contributed by atoms with Gasteiger partial charge in [-0.15, -0.1) is 0 Å². The molecule has 0 aliphatic heterocycles. The van der Waals surface area contributed by atoms with Crippen molar-refractivity contribution in [3.8, 4) is 0 Å². The van der Waals surface area contributed by atoms with Gasteiger partial charge in [0.25, 0.3) is 0 Å². The first-order chi connectivity index (χ1) is 7.10. The van der Waals surface area contributed by atoms with Gasteiger partial charge < -0.3 is 4.74 Å². The molecule has 0 unspecified atom stereocenters. The molecule has 0 radical (unpaired) electrons. The highest BCUT2D eigenvalue weighted by atomic mass is 16.5. The molecule has 0 aromatic heterocycles. The number of carbonyl (C=O) groups excluding carboxylic acids is 1. The molecule has 0 aliphatic carbocycles. The number of rotatable bonds is 7. The van der Waals surface area contributed by atoms with Gasteiger partial charge in [-0.2, -0.15) is 0 Å². The molecule has 2 nitrogen and oxygen atoms in total. The monoisotopic (exact) mass is 212 g/mol. The Bertz CT molecular complexity index is 189. The van der Waals surface area contributed by atoms with E-state index in [0.717, 1.165) is 25.7 Å². The lowest BCUT2D eigenvalue weighted by molar-refractivity contribution is -0.143. The van der Waals surface area contributed by atoms with Gasteiger partial charge in [0.05, 0.1) is 0 Å². The van der Waals surface area contributed by atoms with E-state index in [0.29, 0.717) is 5.92 Å². The highest BCUT2D eigenvalue weighted by Gasteiger charge is 2.10. The SMILES string of the molecule is CCCC(CCC)OC(=O)/C=C\C(C)C. The predicted octanol–water partition coefficient (Wildman–Crippen LogP) is 3.71. The lowest BCUT2D eigenvalue weighted by Crippen LogP contribution is -2.16. The number of esters is 1. The van der Waals surface area contributed by atoms with E-state index in [4.69, 9.17) is 4.74 Å². The molecule has 0 saturated heterocycles. The molecule has 0 aliphatic rings. The average Bonchev–Trinajstić information content (AvgIpc) is 2.15. The Hall–Kier alpha value is -0.790. The van der Waals surface area contributed by atoms with Gasteiger partial charge in [0.1, 0.15) is 6.10 Å². The summed E-state index contributed by atoms with van der Waals surface area (Å²) in [4.78, 5) is 11.4. The van der Waals surface area contributed by atoms with E-state index in [1.54, 1.807) is 6.08 Å². The second kappa shape index (κ2) is 8.51. The molecule has 15 heavy (non-hydrogen) atoms. The van der Waals surface area contributed by atoms with Crippen LogP contribution in [0.5, 0.6) is 0 Å². The highest BCUT2D eigenvalue weighted by Crippen LogP contribution is 2.10. The third-order valence-corrected chi connectivity index (χ3v) is 2.12. The molecular formula is C13H24O2. The van der Waals surface area contributed by atoms with Crippen LogP contribution in [0.2, 0.25) is 0 Å². The number of allylic oxidation sites excluding steroid dienone is 1. The fourth-order valence-electron chi connectivity index (χ4n) is 1.38. The summed E-state index contributed by atoms with van der Waals surface area (Å²) in [5.41, 5.74) is 0. The molecular weight excluding hydrogens is 188 g/mol. The maximum absolute atomic E-state index is 11.4. The van der Waals surface area contributed by atoms with Crippen molar-refractivity contribution in [1.29, 1.82) is 0 Å². The Balaban J connectivity index is 3.98. The van der Waals surface area contributed by atoms with Gasteiger partial charge in [-0.1, -0.05) is 46.6 Å². The van der Waals surface area contributed by atoms with E-state index < -0.39 is 0 Å². The summed E-state index contributed by atoms with van der Waals surface area (Å²) in [6.45, 7) is 8.31. The molecule has 0 fully saturated rings. The highest BCUT2D eigenvalue weighted by molar-refractivity contribution is 5.82. The maximum Gasteiger partial charge on any atom is 0.330 e. The van der Waals surface area contributed by atoms with Crippen molar-refractivity contribution in [1.82, 2.24) is 0 Å². The number of carbonyl (C=O) groups is 1. The van der Waals surface area contributed by atoms with E-state index in [1.165, 1.54) is 0 Å². The first-order valence-corrected chi connectivity index (χ1v) is 5.98. The zero-order valence-corrected chi connectivity index (χ0v) is 10.5. The number of hydrogen-bond acceptors (Lipinski definition) is 2. The van der Waals surface area contributed by atoms with Crippen molar-refractivity contribution < 1.29 is 9.53 Å². The lowest BCUT2D eigenvalue weighted by atomic mass is 10.1. The van der Waals surface area contributed by atoms with E-state index in [9.17, 15) is 4.79 Å². The normalized spacial score (nSPS) is 11.6. The van der Waals surface area contributed by atoms with Crippen LogP contribution in [0.15, 0.2) is 12.2 Å². The zero-order valence-electron chi connectivity index (χ0n) is 10.5. The molecule has 0 bridgehead atoms. The van der Waals surface area contributed by atoms with E-state index in [1.807, 2.05) is 19.9 Å². The van der Waals surface area contributed by atoms with Crippen molar-refractivity contribution in [3.05, 3.63) is 12.2 Å². The fraction of sp³-hybridized carbons (Fsp3) is 0.769. The summed E-state index contributed by atoms with van der Waals surface area (Å²) in [5.74, 6) is 0.198.